The molecule has 0 saturated heterocycles. The van der Waals surface area contributed by atoms with E-state index in [9.17, 15) is 0 Å². The van der Waals surface area contributed by atoms with Crippen LogP contribution in [-0.4, -0.2) is 14.8 Å². The first-order chi connectivity index (χ1) is 5.86. The first kappa shape index (κ1) is 10.1. The summed E-state index contributed by atoms with van der Waals surface area (Å²) in [5.41, 5.74) is 1.84. The maximum Gasteiger partial charge on any atom is 0.0149 e. The summed E-state index contributed by atoms with van der Waals surface area (Å²) >= 11 is 0. The quantitative estimate of drug-likeness (QED) is 0.726. The van der Waals surface area contributed by atoms with Gasteiger partial charge in [0, 0.05) is 33.3 Å². The minimum atomic E-state index is 0. The van der Waals surface area contributed by atoms with E-state index < -0.39 is 0 Å². The van der Waals surface area contributed by atoms with Gasteiger partial charge < -0.3 is 9.67 Å². The predicted octanol–water partition coefficient (Wildman–Crippen LogP) is 1.28. The Hall–Kier alpha value is -0.991. The number of aryl methyl sites for hydroxylation is 1. The Morgan fingerprint density at radius 3 is 2.77 bits per heavy atom. The molecule has 4 heteroatoms. The molecular weight excluding hydrogens is 342 g/mol. The van der Waals surface area contributed by atoms with E-state index >= 15 is 0 Å². The second-order valence-electron chi connectivity index (χ2n) is 2.51. The van der Waals surface area contributed by atoms with Crippen LogP contribution in [0.1, 0.15) is 0 Å². The van der Waals surface area contributed by atoms with E-state index in [0.29, 0.717) is 0 Å². The van der Waals surface area contributed by atoms with Crippen LogP contribution in [0, 0.1) is 6.20 Å². The molecule has 1 radical (unpaired) electrons. The van der Waals surface area contributed by atoms with Crippen LogP contribution in [0.3, 0.4) is 0 Å². The van der Waals surface area contributed by atoms with E-state index in [4.69, 9.17) is 0 Å². The Morgan fingerprint density at radius 2 is 2.23 bits per heavy atom. The van der Waals surface area contributed by atoms with E-state index in [-0.39, 0.29) is 20.1 Å². The van der Waals surface area contributed by atoms with Gasteiger partial charge in [0.05, 0.1) is 0 Å². The van der Waals surface area contributed by atoms with Gasteiger partial charge >= 0.3 is 0 Å². The standard InChI is InChI=1S/C9H8N3.Ir/c1-12-7-8(6-11-12)9-4-2-3-5-10-9;/h2-6H,1H3;/q-1;. The fraction of sp³-hybridized carbons (Fsp3) is 0.111. The number of aromatic nitrogens is 3. The van der Waals surface area contributed by atoms with Crippen molar-refractivity contribution >= 4 is 0 Å². The van der Waals surface area contributed by atoms with Crippen LogP contribution in [-0.2, 0) is 27.2 Å². The first-order valence-corrected chi connectivity index (χ1v) is 3.69. The molecule has 2 rings (SSSR count). The van der Waals surface area contributed by atoms with Crippen molar-refractivity contribution < 1.29 is 20.1 Å². The van der Waals surface area contributed by atoms with E-state index in [2.05, 4.69) is 16.3 Å². The number of hydrogen-bond donors (Lipinski definition) is 0. The second-order valence-corrected chi connectivity index (χ2v) is 2.51. The van der Waals surface area contributed by atoms with Gasteiger partial charge in [-0.05, 0) is 11.8 Å². The SMILES string of the molecule is Cn1[c-]c(-c2ccccn2)cn1.[Ir]. The number of pyridine rings is 1. The largest absolute Gasteiger partial charge is 0.343 e. The average Bonchev–Trinajstić information content (AvgIpc) is 2.54. The molecule has 0 aliphatic heterocycles. The summed E-state index contributed by atoms with van der Waals surface area (Å²) in [6.45, 7) is 0. The molecule has 2 aromatic heterocycles. The van der Waals surface area contributed by atoms with Crippen LogP contribution in [0.4, 0.5) is 0 Å². The molecule has 0 spiro atoms. The zero-order valence-electron chi connectivity index (χ0n) is 7.06. The maximum atomic E-state index is 4.18. The minimum absolute atomic E-state index is 0. The Labute approximate surface area is 90.2 Å². The molecule has 69 valence electrons. The molecule has 13 heavy (non-hydrogen) atoms. The van der Waals surface area contributed by atoms with Crippen molar-refractivity contribution in [2.45, 2.75) is 0 Å². The van der Waals surface area contributed by atoms with Gasteiger partial charge in [-0.3, -0.25) is 5.10 Å². The summed E-state index contributed by atoms with van der Waals surface area (Å²) < 4.78 is 1.64. The van der Waals surface area contributed by atoms with Crippen molar-refractivity contribution in [2.75, 3.05) is 0 Å². The Morgan fingerprint density at radius 1 is 1.38 bits per heavy atom. The van der Waals surface area contributed by atoms with Gasteiger partial charge in [-0.2, -0.15) is 0 Å². The van der Waals surface area contributed by atoms with Crippen LogP contribution < -0.4 is 0 Å². The molecule has 0 saturated carbocycles. The summed E-state index contributed by atoms with van der Waals surface area (Å²) in [5, 5.41) is 4.01. The van der Waals surface area contributed by atoms with Gasteiger partial charge in [-0.1, -0.05) is 24.5 Å². The molecule has 0 atom stereocenters. The maximum absolute atomic E-state index is 4.18. The molecule has 0 amide bonds. The Balaban J connectivity index is 0.000000845. The molecule has 0 aliphatic rings. The molecule has 0 unspecified atom stereocenters. The zero-order valence-corrected chi connectivity index (χ0v) is 9.46. The summed E-state index contributed by atoms with van der Waals surface area (Å²) in [6.07, 6.45) is 6.55. The number of hydrogen-bond acceptors (Lipinski definition) is 2. The molecule has 0 aromatic carbocycles. The molecule has 0 fully saturated rings. The van der Waals surface area contributed by atoms with Crippen molar-refractivity contribution in [2.24, 2.45) is 7.05 Å². The van der Waals surface area contributed by atoms with Crippen LogP contribution in [0.25, 0.3) is 11.3 Å². The molecule has 3 nitrogen and oxygen atoms in total. The van der Waals surface area contributed by atoms with E-state index in [1.165, 1.54) is 0 Å². The van der Waals surface area contributed by atoms with E-state index in [1.807, 2.05) is 25.2 Å². The Kier molecular flexibility index (Phi) is 3.34. The van der Waals surface area contributed by atoms with Gasteiger partial charge in [0.15, 0.2) is 0 Å². The minimum Gasteiger partial charge on any atom is -0.343 e. The summed E-state index contributed by atoms with van der Waals surface area (Å²) in [6, 6.07) is 5.77. The van der Waals surface area contributed by atoms with Crippen molar-refractivity contribution in [1.82, 2.24) is 14.8 Å². The second kappa shape index (κ2) is 4.30. The van der Waals surface area contributed by atoms with Gasteiger partial charge in [-0.15, -0.1) is 5.56 Å². The van der Waals surface area contributed by atoms with E-state index in [1.54, 1.807) is 17.1 Å². The fourth-order valence-corrected chi connectivity index (χ4v) is 1.02. The third kappa shape index (κ3) is 2.23. The molecule has 0 aliphatic carbocycles. The molecule has 2 aromatic rings. The van der Waals surface area contributed by atoms with Crippen LogP contribution in [0.15, 0.2) is 30.6 Å². The number of rotatable bonds is 1. The first-order valence-electron chi connectivity index (χ1n) is 3.69. The van der Waals surface area contributed by atoms with Crippen molar-refractivity contribution in [3.63, 3.8) is 0 Å². The molecule has 0 bridgehead atoms. The van der Waals surface area contributed by atoms with Crippen LogP contribution in [0.2, 0.25) is 0 Å². The zero-order chi connectivity index (χ0) is 8.39. The Bertz CT molecular complexity index is 369. The average molecular weight is 350 g/mol. The van der Waals surface area contributed by atoms with Gasteiger partial charge in [0.1, 0.15) is 0 Å². The van der Waals surface area contributed by atoms with Crippen molar-refractivity contribution in [3.8, 4) is 11.3 Å². The molecular formula is C9H8IrN3-. The summed E-state index contributed by atoms with van der Waals surface area (Å²) in [5.74, 6) is 0. The van der Waals surface area contributed by atoms with Gasteiger partial charge in [-0.25, -0.2) is 0 Å². The van der Waals surface area contributed by atoms with Crippen molar-refractivity contribution in [3.05, 3.63) is 36.8 Å². The van der Waals surface area contributed by atoms with Crippen molar-refractivity contribution in [1.29, 1.82) is 0 Å². The number of nitrogens with zero attached hydrogens (tertiary/aromatic N) is 3. The molecule has 0 N–H and O–H groups in total. The van der Waals surface area contributed by atoms with Gasteiger partial charge in [0.25, 0.3) is 0 Å². The molecule has 2 heterocycles. The summed E-state index contributed by atoms with van der Waals surface area (Å²) in [4.78, 5) is 4.18. The van der Waals surface area contributed by atoms with Gasteiger partial charge in [0.2, 0.25) is 0 Å². The summed E-state index contributed by atoms with van der Waals surface area (Å²) in [7, 11) is 1.84. The van der Waals surface area contributed by atoms with Crippen LogP contribution >= 0.6 is 0 Å². The normalized spacial score (nSPS) is 9.31. The third-order valence-electron chi connectivity index (χ3n) is 1.58. The smallest absolute Gasteiger partial charge is 0.0149 e. The fourth-order valence-electron chi connectivity index (χ4n) is 1.02. The third-order valence-corrected chi connectivity index (χ3v) is 1.58. The van der Waals surface area contributed by atoms with E-state index in [0.717, 1.165) is 11.3 Å². The monoisotopic (exact) mass is 351 g/mol. The van der Waals surface area contributed by atoms with Crippen LogP contribution in [0.5, 0.6) is 0 Å². The topological polar surface area (TPSA) is 30.7 Å². The predicted molar refractivity (Wildman–Crippen MR) is 45.3 cm³/mol.